The topological polar surface area (TPSA) is 79.1 Å². The smallest absolute Gasteiger partial charge is 0.325 e. The van der Waals surface area contributed by atoms with Crippen LogP contribution < -0.4 is 5.73 Å². The third-order valence-electron chi connectivity index (χ3n) is 2.62. The predicted octanol–water partition coefficient (Wildman–Crippen LogP) is 1.89. The third kappa shape index (κ3) is 1.92. The molecule has 5 heteroatoms. The van der Waals surface area contributed by atoms with Gasteiger partial charge in [0.05, 0.1) is 6.33 Å². The van der Waals surface area contributed by atoms with Crippen molar-refractivity contribution in [2.75, 3.05) is 0 Å². The van der Waals surface area contributed by atoms with E-state index in [0.717, 1.165) is 10.9 Å². The molecule has 88 valence electrons. The Hall–Kier alpha value is -2.14. The first-order valence-corrected chi connectivity index (χ1v) is 5.00. The van der Waals surface area contributed by atoms with E-state index in [2.05, 4.69) is 4.98 Å². The van der Waals surface area contributed by atoms with Crippen LogP contribution >= 0.6 is 0 Å². The van der Waals surface area contributed by atoms with Gasteiger partial charge in [-0.2, -0.15) is 0 Å². The standard InChI is InChI=1S/C12H11FN2O2/c13-5-8(11(14)12(16)17)9-6-15-10-4-2-1-3-7(9)10/h1-6,11,15H,14H2,(H,16,17)/b8-5+. The predicted molar refractivity (Wildman–Crippen MR) is 63.0 cm³/mol. The molecule has 0 aliphatic heterocycles. The van der Waals surface area contributed by atoms with Crippen molar-refractivity contribution >= 4 is 22.4 Å². The maximum absolute atomic E-state index is 12.8. The fourth-order valence-corrected chi connectivity index (χ4v) is 1.74. The Labute approximate surface area is 96.6 Å². The Morgan fingerprint density at radius 2 is 2.18 bits per heavy atom. The minimum atomic E-state index is -1.38. The zero-order chi connectivity index (χ0) is 12.4. The summed E-state index contributed by atoms with van der Waals surface area (Å²) in [5.74, 6) is -1.26. The van der Waals surface area contributed by atoms with Gasteiger partial charge in [-0.15, -0.1) is 0 Å². The maximum atomic E-state index is 12.8. The SMILES string of the molecule is NC(C(=O)O)/C(=C/F)c1c[nH]c2ccccc12. The van der Waals surface area contributed by atoms with Crippen molar-refractivity contribution < 1.29 is 14.3 Å². The zero-order valence-electron chi connectivity index (χ0n) is 8.85. The number of fused-ring (bicyclic) bond motifs is 1. The van der Waals surface area contributed by atoms with E-state index in [4.69, 9.17) is 10.8 Å². The Morgan fingerprint density at radius 3 is 2.82 bits per heavy atom. The van der Waals surface area contributed by atoms with Gasteiger partial charge in [-0.25, -0.2) is 4.39 Å². The summed E-state index contributed by atoms with van der Waals surface area (Å²) < 4.78 is 12.8. The van der Waals surface area contributed by atoms with Gasteiger partial charge in [0.25, 0.3) is 0 Å². The summed E-state index contributed by atoms with van der Waals surface area (Å²) in [6.45, 7) is 0. The molecule has 0 aliphatic rings. The van der Waals surface area contributed by atoms with E-state index < -0.39 is 12.0 Å². The van der Waals surface area contributed by atoms with Crippen LogP contribution in [0, 0.1) is 0 Å². The Morgan fingerprint density at radius 1 is 1.47 bits per heavy atom. The quantitative estimate of drug-likeness (QED) is 0.758. The molecule has 4 nitrogen and oxygen atoms in total. The first-order chi connectivity index (χ1) is 8.15. The zero-order valence-corrected chi connectivity index (χ0v) is 8.85. The normalized spacial score (nSPS) is 13.9. The largest absolute Gasteiger partial charge is 0.480 e. The van der Waals surface area contributed by atoms with Gasteiger partial charge in [0.2, 0.25) is 0 Å². The molecule has 4 N–H and O–H groups in total. The highest BCUT2D eigenvalue weighted by molar-refractivity contribution is 5.99. The molecule has 1 aromatic heterocycles. The molecule has 0 bridgehead atoms. The van der Waals surface area contributed by atoms with Crippen LogP contribution in [-0.2, 0) is 4.79 Å². The number of aliphatic carboxylic acids is 1. The molecule has 1 aromatic carbocycles. The lowest BCUT2D eigenvalue weighted by molar-refractivity contribution is -0.137. The first-order valence-electron chi connectivity index (χ1n) is 5.00. The number of halogens is 1. The minimum Gasteiger partial charge on any atom is -0.480 e. The first kappa shape index (κ1) is 11.3. The average molecular weight is 234 g/mol. The van der Waals surface area contributed by atoms with Crippen molar-refractivity contribution in [3.05, 3.63) is 42.4 Å². The van der Waals surface area contributed by atoms with Crippen molar-refractivity contribution in [1.29, 1.82) is 0 Å². The molecule has 1 unspecified atom stereocenters. The van der Waals surface area contributed by atoms with Crippen molar-refractivity contribution in [2.24, 2.45) is 5.73 Å². The number of carbonyl (C=O) groups is 1. The molecule has 0 fully saturated rings. The molecular formula is C12H11FN2O2. The molecule has 17 heavy (non-hydrogen) atoms. The van der Waals surface area contributed by atoms with E-state index in [0.29, 0.717) is 5.56 Å². The van der Waals surface area contributed by atoms with E-state index in [1.54, 1.807) is 18.3 Å². The summed E-state index contributed by atoms with van der Waals surface area (Å²) in [5, 5.41) is 9.56. The van der Waals surface area contributed by atoms with E-state index >= 15 is 0 Å². The second kappa shape index (κ2) is 4.39. The van der Waals surface area contributed by atoms with Crippen LogP contribution in [-0.4, -0.2) is 22.1 Å². The van der Waals surface area contributed by atoms with Crippen LogP contribution in [0.15, 0.2) is 36.8 Å². The molecule has 0 radical (unpaired) electrons. The summed E-state index contributed by atoms with van der Waals surface area (Å²) in [6.07, 6.45) is 1.80. The fourth-order valence-electron chi connectivity index (χ4n) is 1.74. The lowest BCUT2D eigenvalue weighted by Crippen LogP contribution is -2.31. The van der Waals surface area contributed by atoms with E-state index in [-0.39, 0.29) is 11.9 Å². The molecule has 2 aromatic rings. The summed E-state index contributed by atoms with van der Waals surface area (Å²) >= 11 is 0. The summed E-state index contributed by atoms with van der Waals surface area (Å²) in [7, 11) is 0. The minimum absolute atomic E-state index is 0.0463. The molecule has 1 heterocycles. The number of hydrogen-bond acceptors (Lipinski definition) is 2. The summed E-state index contributed by atoms with van der Waals surface area (Å²) in [4.78, 5) is 13.7. The highest BCUT2D eigenvalue weighted by Crippen LogP contribution is 2.26. The number of rotatable bonds is 3. The number of H-pyrrole nitrogens is 1. The Balaban J connectivity index is 2.55. The number of carboxylic acids is 1. The van der Waals surface area contributed by atoms with Crippen LogP contribution in [0.2, 0.25) is 0 Å². The lowest BCUT2D eigenvalue weighted by atomic mass is 10.00. The van der Waals surface area contributed by atoms with Crippen molar-refractivity contribution in [3.63, 3.8) is 0 Å². The van der Waals surface area contributed by atoms with Crippen molar-refractivity contribution in [3.8, 4) is 0 Å². The molecule has 0 aliphatic carbocycles. The lowest BCUT2D eigenvalue weighted by Gasteiger charge is -2.09. The second-order valence-corrected chi connectivity index (χ2v) is 3.63. The number of nitrogens with two attached hydrogens (primary N) is 1. The van der Waals surface area contributed by atoms with Crippen LogP contribution in [0.3, 0.4) is 0 Å². The van der Waals surface area contributed by atoms with Gasteiger partial charge in [0.1, 0.15) is 6.04 Å². The van der Waals surface area contributed by atoms with Gasteiger partial charge >= 0.3 is 5.97 Å². The van der Waals surface area contributed by atoms with Crippen LogP contribution in [0.4, 0.5) is 4.39 Å². The van der Waals surface area contributed by atoms with Gasteiger partial charge < -0.3 is 15.8 Å². The van der Waals surface area contributed by atoms with Gasteiger partial charge in [-0.3, -0.25) is 4.79 Å². The van der Waals surface area contributed by atoms with E-state index in [1.807, 2.05) is 12.1 Å². The number of para-hydroxylation sites is 1. The van der Waals surface area contributed by atoms with E-state index in [1.165, 1.54) is 0 Å². The van der Waals surface area contributed by atoms with Crippen molar-refractivity contribution in [2.45, 2.75) is 6.04 Å². The van der Waals surface area contributed by atoms with Crippen LogP contribution in [0.5, 0.6) is 0 Å². The Kier molecular flexibility index (Phi) is 2.93. The molecule has 0 saturated carbocycles. The van der Waals surface area contributed by atoms with Crippen LogP contribution in [0.1, 0.15) is 5.56 Å². The van der Waals surface area contributed by atoms with Crippen LogP contribution in [0.25, 0.3) is 16.5 Å². The molecule has 1 atom stereocenters. The molecular weight excluding hydrogens is 223 g/mol. The third-order valence-corrected chi connectivity index (χ3v) is 2.62. The number of hydrogen-bond donors (Lipinski definition) is 3. The summed E-state index contributed by atoms with van der Waals surface area (Å²) in [5.41, 5.74) is 6.66. The molecule has 0 saturated heterocycles. The highest BCUT2D eigenvalue weighted by Gasteiger charge is 2.21. The Bertz CT molecular complexity index is 589. The van der Waals surface area contributed by atoms with Gasteiger partial charge in [0, 0.05) is 28.2 Å². The average Bonchev–Trinajstić information content (AvgIpc) is 2.74. The van der Waals surface area contributed by atoms with Gasteiger partial charge in [-0.1, -0.05) is 18.2 Å². The number of carboxylic acid groups (broad SMARTS) is 1. The maximum Gasteiger partial charge on any atom is 0.325 e. The monoisotopic (exact) mass is 234 g/mol. The number of nitrogens with one attached hydrogen (secondary N) is 1. The van der Waals surface area contributed by atoms with Crippen molar-refractivity contribution in [1.82, 2.24) is 4.98 Å². The fraction of sp³-hybridized carbons (Fsp3) is 0.0833. The van der Waals surface area contributed by atoms with Gasteiger partial charge in [0.15, 0.2) is 0 Å². The molecule has 0 amide bonds. The van der Waals surface area contributed by atoms with Gasteiger partial charge in [-0.05, 0) is 6.07 Å². The number of aromatic nitrogens is 1. The number of benzene rings is 1. The summed E-state index contributed by atoms with van der Waals surface area (Å²) in [6, 6.07) is 5.85. The number of aromatic amines is 1. The second-order valence-electron chi connectivity index (χ2n) is 3.63. The highest BCUT2D eigenvalue weighted by atomic mass is 19.1. The van der Waals surface area contributed by atoms with E-state index in [9.17, 15) is 9.18 Å². The molecule has 0 spiro atoms. The molecule has 2 rings (SSSR count).